The summed E-state index contributed by atoms with van der Waals surface area (Å²) in [6, 6.07) is 12.0. The van der Waals surface area contributed by atoms with E-state index in [1.165, 1.54) is 0 Å². The highest BCUT2D eigenvalue weighted by Gasteiger charge is 2.48. The van der Waals surface area contributed by atoms with Gasteiger partial charge in [-0.25, -0.2) is 0 Å². The normalized spacial score (nSPS) is 25.0. The number of rotatable bonds is 7. The summed E-state index contributed by atoms with van der Waals surface area (Å²) < 4.78 is 6.10. The first-order chi connectivity index (χ1) is 15.0. The predicted octanol–water partition coefficient (Wildman–Crippen LogP) is 2.85. The largest absolute Gasteiger partial charge is 0.361 e. The third-order valence-electron chi connectivity index (χ3n) is 6.18. The summed E-state index contributed by atoms with van der Waals surface area (Å²) in [6.07, 6.45) is 6.55. The van der Waals surface area contributed by atoms with Crippen LogP contribution in [0.15, 0.2) is 61.4 Å². The molecule has 6 nitrogen and oxygen atoms in total. The molecule has 0 bridgehead atoms. The standard InChI is InChI=1S/C25H29N3O3/c1-3-10-27-24(30)25(17-28(12-13-31-25)23(29)22-14-18(22)2)15-19-6-8-20(9-7-19)21-5-4-11-26-16-21/h3-9,11,16,18,22H,1,10,12-15,17H2,2H3,(H,27,30)/t18-,22-,25-/m0/s1. The molecule has 1 aromatic heterocycles. The smallest absolute Gasteiger partial charge is 0.254 e. The van der Waals surface area contributed by atoms with Crippen LogP contribution in [-0.2, 0) is 20.7 Å². The fraction of sp³-hybridized carbons (Fsp3) is 0.400. The van der Waals surface area contributed by atoms with E-state index in [0.29, 0.717) is 32.0 Å². The van der Waals surface area contributed by atoms with E-state index in [1.807, 2.05) is 47.5 Å². The van der Waals surface area contributed by atoms with Crippen molar-refractivity contribution in [2.75, 3.05) is 26.2 Å². The Morgan fingerprint density at radius 3 is 2.71 bits per heavy atom. The molecule has 2 heterocycles. The van der Waals surface area contributed by atoms with Gasteiger partial charge >= 0.3 is 0 Å². The first-order valence-corrected chi connectivity index (χ1v) is 10.8. The van der Waals surface area contributed by atoms with E-state index >= 15 is 0 Å². The van der Waals surface area contributed by atoms with E-state index in [0.717, 1.165) is 23.1 Å². The second kappa shape index (κ2) is 9.02. The molecule has 0 radical (unpaired) electrons. The molecule has 1 aliphatic carbocycles. The highest BCUT2D eigenvalue weighted by molar-refractivity contribution is 5.88. The lowest BCUT2D eigenvalue weighted by atomic mass is 9.90. The molecule has 0 spiro atoms. The zero-order valence-corrected chi connectivity index (χ0v) is 17.9. The second-order valence-corrected chi connectivity index (χ2v) is 8.54. The average molecular weight is 420 g/mol. The van der Waals surface area contributed by atoms with Crippen LogP contribution in [-0.4, -0.2) is 53.5 Å². The van der Waals surface area contributed by atoms with Gasteiger partial charge in [0.2, 0.25) is 5.91 Å². The number of benzene rings is 1. The van der Waals surface area contributed by atoms with Crippen LogP contribution in [0.5, 0.6) is 0 Å². The van der Waals surface area contributed by atoms with Gasteiger partial charge in [0.1, 0.15) is 0 Å². The molecule has 1 saturated carbocycles. The van der Waals surface area contributed by atoms with Crippen molar-refractivity contribution in [1.82, 2.24) is 15.2 Å². The summed E-state index contributed by atoms with van der Waals surface area (Å²) in [4.78, 5) is 32.0. The van der Waals surface area contributed by atoms with Crippen molar-refractivity contribution < 1.29 is 14.3 Å². The minimum absolute atomic E-state index is 0.0887. The number of pyridine rings is 1. The van der Waals surface area contributed by atoms with Gasteiger partial charge in [0.05, 0.1) is 13.2 Å². The van der Waals surface area contributed by atoms with Gasteiger partial charge in [-0.05, 0) is 35.1 Å². The van der Waals surface area contributed by atoms with Gasteiger partial charge in [0.25, 0.3) is 5.91 Å². The maximum atomic E-state index is 13.2. The van der Waals surface area contributed by atoms with E-state index in [9.17, 15) is 9.59 Å². The number of nitrogens with one attached hydrogen (secondary N) is 1. The van der Waals surface area contributed by atoms with E-state index in [4.69, 9.17) is 4.74 Å². The van der Waals surface area contributed by atoms with Gasteiger partial charge in [-0.2, -0.15) is 0 Å². The molecule has 4 rings (SSSR count). The minimum atomic E-state index is -1.11. The number of hydrogen-bond donors (Lipinski definition) is 1. The van der Waals surface area contributed by atoms with Gasteiger partial charge in [-0.15, -0.1) is 6.58 Å². The number of nitrogens with zero attached hydrogens (tertiary/aromatic N) is 2. The fourth-order valence-corrected chi connectivity index (χ4v) is 4.20. The maximum Gasteiger partial charge on any atom is 0.254 e. The zero-order valence-electron chi connectivity index (χ0n) is 17.9. The minimum Gasteiger partial charge on any atom is -0.361 e. The Morgan fingerprint density at radius 2 is 2.06 bits per heavy atom. The molecular formula is C25H29N3O3. The van der Waals surface area contributed by atoms with Gasteiger partial charge in [0.15, 0.2) is 5.60 Å². The lowest BCUT2D eigenvalue weighted by Gasteiger charge is -2.42. The molecule has 162 valence electrons. The number of hydrogen-bond acceptors (Lipinski definition) is 4. The Kier molecular flexibility index (Phi) is 6.18. The quantitative estimate of drug-likeness (QED) is 0.701. The number of carbonyl (C=O) groups excluding carboxylic acids is 2. The highest BCUT2D eigenvalue weighted by atomic mass is 16.5. The van der Waals surface area contributed by atoms with Gasteiger partial charge < -0.3 is 15.0 Å². The SMILES string of the molecule is C=CCNC(=O)[C@]1(Cc2ccc(-c3cccnc3)cc2)CN(C(=O)[C@H]2C[C@@H]2C)CCO1. The number of ether oxygens (including phenoxy) is 1. The molecule has 0 unspecified atom stereocenters. The zero-order chi connectivity index (χ0) is 21.8. The monoisotopic (exact) mass is 419 g/mol. The van der Waals surface area contributed by atoms with E-state index in [-0.39, 0.29) is 24.3 Å². The van der Waals surface area contributed by atoms with Gasteiger partial charge in [0, 0.05) is 37.8 Å². The summed E-state index contributed by atoms with van der Waals surface area (Å²) in [5.41, 5.74) is 1.98. The third kappa shape index (κ3) is 4.69. The molecule has 31 heavy (non-hydrogen) atoms. The van der Waals surface area contributed by atoms with Crippen LogP contribution < -0.4 is 5.32 Å². The first-order valence-electron chi connectivity index (χ1n) is 10.8. The highest BCUT2D eigenvalue weighted by Crippen LogP contribution is 2.40. The summed E-state index contributed by atoms with van der Waals surface area (Å²) in [6.45, 7) is 7.28. The van der Waals surface area contributed by atoms with Crippen molar-refractivity contribution in [1.29, 1.82) is 0 Å². The van der Waals surface area contributed by atoms with Gasteiger partial charge in [-0.3, -0.25) is 14.6 Å². The number of amides is 2. The number of aromatic nitrogens is 1. The average Bonchev–Trinajstić information content (AvgIpc) is 3.54. The van der Waals surface area contributed by atoms with E-state index in [2.05, 4.69) is 23.8 Å². The summed E-state index contributed by atoms with van der Waals surface area (Å²) in [5, 5.41) is 2.89. The van der Waals surface area contributed by atoms with Crippen LogP contribution in [0.4, 0.5) is 0 Å². The molecule has 1 N–H and O–H groups in total. The summed E-state index contributed by atoms with van der Waals surface area (Å²) in [5.74, 6) is 0.457. The Hall–Kier alpha value is -2.99. The van der Waals surface area contributed by atoms with Crippen molar-refractivity contribution in [3.05, 3.63) is 67.0 Å². The van der Waals surface area contributed by atoms with Crippen LogP contribution in [0, 0.1) is 11.8 Å². The Bertz CT molecular complexity index is 944. The lowest BCUT2D eigenvalue weighted by Crippen LogP contribution is -2.62. The molecule has 2 fully saturated rings. The summed E-state index contributed by atoms with van der Waals surface area (Å²) >= 11 is 0. The summed E-state index contributed by atoms with van der Waals surface area (Å²) in [7, 11) is 0. The van der Waals surface area contributed by atoms with Crippen molar-refractivity contribution in [2.45, 2.75) is 25.4 Å². The molecule has 2 amide bonds. The Labute approximate surface area is 183 Å². The number of carbonyl (C=O) groups is 2. The molecule has 3 atom stereocenters. The first kappa shape index (κ1) is 21.2. The van der Waals surface area contributed by atoms with Crippen LogP contribution in [0.2, 0.25) is 0 Å². The van der Waals surface area contributed by atoms with Crippen LogP contribution in [0.25, 0.3) is 11.1 Å². The Morgan fingerprint density at radius 1 is 1.29 bits per heavy atom. The fourth-order valence-electron chi connectivity index (χ4n) is 4.20. The molecular weight excluding hydrogens is 390 g/mol. The van der Waals surface area contributed by atoms with Crippen molar-refractivity contribution in [2.24, 2.45) is 11.8 Å². The second-order valence-electron chi connectivity index (χ2n) is 8.54. The van der Waals surface area contributed by atoms with Crippen LogP contribution in [0.1, 0.15) is 18.9 Å². The Balaban J connectivity index is 1.55. The van der Waals surface area contributed by atoms with Gasteiger partial charge in [-0.1, -0.05) is 43.3 Å². The molecule has 1 aromatic carbocycles. The van der Waals surface area contributed by atoms with Crippen LogP contribution >= 0.6 is 0 Å². The predicted molar refractivity (Wildman–Crippen MR) is 119 cm³/mol. The molecule has 1 saturated heterocycles. The maximum absolute atomic E-state index is 13.2. The third-order valence-corrected chi connectivity index (χ3v) is 6.18. The van der Waals surface area contributed by atoms with Crippen LogP contribution in [0.3, 0.4) is 0 Å². The van der Waals surface area contributed by atoms with Crippen molar-refractivity contribution in [3.8, 4) is 11.1 Å². The van der Waals surface area contributed by atoms with E-state index in [1.54, 1.807) is 12.3 Å². The molecule has 6 heteroatoms. The molecule has 1 aliphatic heterocycles. The molecule has 2 aromatic rings. The number of morpholine rings is 1. The topological polar surface area (TPSA) is 71.5 Å². The van der Waals surface area contributed by atoms with Crippen molar-refractivity contribution in [3.63, 3.8) is 0 Å². The molecule has 2 aliphatic rings. The lowest BCUT2D eigenvalue weighted by molar-refractivity contribution is -0.166. The van der Waals surface area contributed by atoms with E-state index < -0.39 is 5.60 Å². The van der Waals surface area contributed by atoms with Crippen molar-refractivity contribution >= 4 is 11.8 Å².